The van der Waals surface area contributed by atoms with Crippen LogP contribution in [0.3, 0.4) is 0 Å². The van der Waals surface area contributed by atoms with Gasteiger partial charge in [0.15, 0.2) is 0 Å². The summed E-state index contributed by atoms with van der Waals surface area (Å²) >= 11 is 13.3. The van der Waals surface area contributed by atoms with E-state index in [9.17, 15) is 10.1 Å². The van der Waals surface area contributed by atoms with Crippen LogP contribution in [0.25, 0.3) is 11.1 Å². The predicted molar refractivity (Wildman–Crippen MR) is 209 cm³/mol. The average molecular weight is 770 g/mol. The van der Waals surface area contributed by atoms with Gasteiger partial charge in [0.25, 0.3) is 0 Å². The summed E-state index contributed by atoms with van der Waals surface area (Å²) < 4.78 is 24.3. The van der Waals surface area contributed by atoms with Gasteiger partial charge in [0, 0.05) is 54.3 Å². The number of carboxylic acid groups (broad SMARTS) is 1. The Morgan fingerprint density at radius 2 is 1.31 bits per heavy atom. The van der Waals surface area contributed by atoms with Gasteiger partial charge in [-0.25, -0.2) is 0 Å². The smallest absolute Gasteiger partial charge is 0.317 e. The molecule has 1 aromatic heterocycles. The van der Waals surface area contributed by atoms with Gasteiger partial charge in [-0.1, -0.05) is 66.5 Å². The molecule has 5 aromatic rings. The number of aliphatic carboxylic acids is 1. The third kappa shape index (κ3) is 10.2. The molecule has 0 radical (unpaired) electrons. The Hall–Kier alpha value is -5.31. The van der Waals surface area contributed by atoms with Crippen LogP contribution in [-0.2, 0) is 37.7 Å². The zero-order valence-electron chi connectivity index (χ0n) is 30.6. The molecule has 0 amide bonds. The molecule has 3 N–H and O–H groups in total. The maximum atomic E-state index is 11.1. The minimum atomic E-state index is -0.983. The molecule has 0 saturated carbocycles. The Balaban J connectivity index is 1.34. The van der Waals surface area contributed by atoms with Gasteiger partial charge in [-0.3, -0.25) is 9.78 Å². The second-order valence-corrected chi connectivity index (χ2v) is 13.3. The van der Waals surface area contributed by atoms with Crippen molar-refractivity contribution in [3.05, 3.63) is 134 Å². The lowest BCUT2D eigenvalue weighted by atomic mass is 9.92. The van der Waals surface area contributed by atoms with Crippen molar-refractivity contribution in [1.82, 2.24) is 15.6 Å². The molecule has 0 aliphatic carbocycles. The highest BCUT2D eigenvalue weighted by Gasteiger charge is 2.16. The number of rotatable bonds is 18. The highest BCUT2D eigenvalue weighted by Crippen LogP contribution is 2.37. The highest BCUT2D eigenvalue weighted by molar-refractivity contribution is 6.32. The number of carboxylic acids is 1. The van der Waals surface area contributed by atoms with E-state index in [2.05, 4.69) is 47.7 Å². The molecule has 0 spiro atoms. The number of hydrogen-bond acceptors (Lipinski definition) is 9. The second kappa shape index (κ2) is 19.1. The first-order chi connectivity index (χ1) is 26.1. The molecule has 10 nitrogen and oxygen atoms in total. The van der Waals surface area contributed by atoms with Crippen molar-refractivity contribution in [2.45, 2.75) is 53.7 Å². The van der Waals surface area contributed by atoms with Gasteiger partial charge in [-0.2, -0.15) is 5.26 Å². The number of pyridine rings is 1. The summed E-state index contributed by atoms with van der Waals surface area (Å²) in [5, 5.41) is 25.4. The first-order valence-electron chi connectivity index (χ1n) is 17.3. The van der Waals surface area contributed by atoms with E-state index in [4.69, 9.17) is 47.3 Å². The number of hydrogen-bond donors (Lipinski definition) is 3. The Morgan fingerprint density at radius 3 is 1.87 bits per heavy atom. The molecule has 0 fully saturated rings. The molecule has 0 atom stereocenters. The summed E-state index contributed by atoms with van der Waals surface area (Å²) in [6, 6.07) is 23.1. The molecule has 0 aliphatic rings. The van der Waals surface area contributed by atoms with Gasteiger partial charge in [0.1, 0.15) is 48.9 Å². The first-order valence-corrected chi connectivity index (χ1v) is 18.1. The summed E-state index contributed by atoms with van der Waals surface area (Å²) in [5.41, 5.74) is 8.98. The average Bonchev–Trinajstić information content (AvgIpc) is 3.16. The second-order valence-electron chi connectivity index (χ2n) is 12.5. The molecule has 54 heavy (non-hydrogen) atoms. The maximum absolute atomic E-state index is 11.1. The molecule has 1 heterocycles. The number of benzene rings is 4. The van der Waals surface area contributed by atoms with Gasteiger partial charge in [0.2, 0.25) is 0 Å². The number of aromatic nitrogens is 1. The highest BCUT2D eigenvalue weighted by atomic mass is 35.5. The minimum Gasteiger partial charge on any atom is -0.496 e. The van der Waals surface area contributed by atoms with E-state index in [0.717, 1.165) is 45.5 Å². The maximum Gasteiger partial charge on any atom is 0.317 e. The topological polar surface area (TPSA) is 135 Å². The number of nitrogens with one attached hydrogen (secondary N) is 2. The summed E-state index contributed by atoms with van der Waals surface area (Å²) in [7, 11) is 1.64. The fourth-order valence-electron chi connectivity index (χ4n) is 5.90. The molecule has 0 aliphatic heterocycles. The van der Waals surface area contributed by atoms with E-state index in [-0.39, 0.29) is 26.3 Å². The Labute approximate surface area is 325 Å². The van der Waals surface area contributed by atoms with Crippen LogP contribution in [-0.4, -0.2) is 36.3 Å². The third-order valence-electron chi connectivity index (χ3n) is 8.87. The van der Waals surface area contributed by atoms with E-state index in [1.54, 1.807) is 31.5 Å². The standard InChI is InChI=1S/C42H42Cl2N4O6/c1-5-46-20-32-13-36(43)40(15-38(32)51-4)53-24-30-8-6-10-34(26(30)2)35-11-7-9-31(27(35)3)25-54-41-16-39(33(14-37(41)44)21-48-22-42(49)50)52-23-29-12-28(17-45)18-47-19-29/h6-16,18-19,46,48H,5,20-25H2,1-4H3,(H,49,50). The zero-order chi connectivity index (χ0) is 38.6. The van der Waals surface area contributed by atoms with Crippen molar-refractivity contribution in [2.75, 3.05) is 20.2 Å². The molecular weight excluding hydrogens is 727 g/mol. The van der Waals surface area contributed by atoms with Gasteiger partial charge >= 0.3 is 5.97 Å². The number of nitrogens with zero attached hydrogens (tertiary/aromatic N) is 2. The molecule has 4 aromatic carbocycles. The van der Waals surface area contributed by atoms with Crippen LogP contribution in [0.5, 0.6) is 23.0 Å². The molecule has 280 valence electrons. The van der Waals surface area contributed by atoms with Gasteiger partial charge in [0.05, 0.1) is 29.3 Å². The lowest BCUT2D eigenvalue weighted by Gasteiger charge is -2.18. The van der Waals surface area contributed by atoms with E-state index < -0.39 is 5.97 Å². The van der Waals surface area contributed by atoms with Crippen LogP contribution >= 0.6 is 23.2 Å². The summed E-state index contributed by atoms with van der Waals surface area (Å²) in [4.78, 5) is 15.2. The first kappa shape index (κ1) is 39.9. The molecule has 0 bridgehead atoms. The van der Waals surface area contributed by atoms with Gasteiger partial charge < -0.3 is 34.7 Å². The predicted octanol–water partition coefficient (Wildman–Crippen LogP) is 8.57. The number of ether oxygens (including phenoxy) is 4. The van der Waals surface area contributed by atoms with Crippen LogP contribution < -0.4 is 29.6 Å². The largest absolute Gasteiger partial charge is 0.496 e. The number of halogens is 2. The van der Waals surface area contributed by atoms with Gasteiger partial charge in [-0.05, 0) is 72.0 Å². The Bertz CT molecular complexity index is 2150. The van der Waals surface area contributed by atoms with E-state index in [0.29, 0.717) is 62.9 Å². The quantitative estimate of drug-likeness (QED) is 0.0796. The van der Waals surface area contributed by atoms with Crippen LogP contribution in [0, 0.1) is 25.2 Å². The van der Waals surface area contributed by atoms with Crippen molar-refractivity contribution >= 4 is 29.2 Å². The molecular formula is C42H42Cl2N4O6. The van der Waals surface area contributed by atoms with Crippen molar-refractivity contribution < 1.29 is 28.8 Å². The van der Waals surface area contributed by atoms with Crippen molar-refractivity contribution in [3.63, 3.8) is 0 Å². The van der Waals surface area contributed by atoms with E-state index in [1.165, 1.54) is 6.20 Å². The molecule has 0 saturated heterocycles. The zero-order valence-corrected chi connectivity index (χ0v) is 32.1. The summed E-state index contributed by atoms with van der Waals surface area (Å²) in [6.07, 6.45) is 3.10. The molecule has 12 heteroatoms. The number of nitriles is 1. The summed E-state index contributed by atoms with van der Waals surface area (Å²) in [5.74, 6) is 1.14. The van der Waals surface area contributed by atoms with Crippen LogP contribution in [0.15, 0.2) is 79.1 Å². The SMILES string of the molecule is CCNCc1cc(Cl)c(OCc2cccc(-c3cccc(COc4cc(OCc5cncc(C#N)c5)c(CNCC(=O)O)cc4Cl)c3C)c2C)cc1OC. The van der Waals surface area contributed by atoms with Crippen LogP contribution in [0.4, 0.5) is 0 Å². The van der Waals surface area contributed by atoms with Gasteiger partial charge in [-0.15, -0.1) is 0 Å². The summed E-state index contributed by atoms with van der Waals surface area (Å²) in [6.45, 7) is 8.32. The van der Waals surface area contributed by atoms with E-state index >= 15 is 0 Å². The number of methoxy groups -OCH3 is 1. The lowest BCUT2D eigenvalue weighted by Crippen LogP contribution is -2.22. The normalized spacial score (nSPS) is 10.8. The van der Waals surface area contributed by atoms with Crippen molar-refractivity contribution in [3.8, 4) is 40.2 Å². The number of carbonyl (C=O) groups is 1. The third-order valence-corrected chi connectivity index (χ3v) is 9.46. The minimum absolute atomic E-state index is 0.129. The fraction of sp³-hybridized carbons (Fsp3) is 0.262. The molecule has 5 rings (SSSR count). The monoisotopic (exact) mass is 768 g/mol. The molecule has 0 unspecified atom stereocenters. The lowest BCUT2D eigenvalue weighted by molar-refractivity contribution is -0.136. The van der Waals surface area contributed by atoms with Crippen molar-refractivity contribution in [2.24, 2.45) is 0 Å². The van der Waals surface area contributed by atoms with E-state index in [1.807, 2.05) is 43.3 Å². The van der Waals surface area contributed by atoms with Crippen molar-refractivity contribution in [1.29, 1.82) is 5.26 Å². The van der Waals surface area contributed by atoms with Crippen LogP contribution in [0.2, 0.25) is 10.0 Å². The Morgan fingerprint density at radius 1 is 0.759 bits per heavy atom. The Kier molecular flexibility index (Phi) is 14.1. The van der Waals surface area contributed by atoms with Crippen LogP contribution in [0.1, 0.15) is 51.4 Å². The fourth-order valence-corrected chi connectivity index (χ4v) is 6.38.